The van der Waals surface area contributed by atoms with Crippen LogP contribution in [0.5, 0.6) is 5.75 Å². The van der Waals surface area contributed by atoms with Crippen LogP contribution in [-0.4, -0.2) is 17.8 Å². The van der Waals surface area contributed by atoms with E-state index in [0.29, 0.717) is 0 Å². The zero-order valence-electron chi connectivity index (χ0n) is 9.91. The van der Waals surface area contributed by atoms with E-state index in [1.54, 1.807) is 0 Å². The molecule has 0 radical (unpaired) electrons. The molecular formula is C14H20O2. The predicted octanol–water partition coefficient (Wildman–Crippen LogP) is 2.72. The monoisotopic (exact) mass is 220 g/mol. The molecule has 0 bridgehead atoms. The van der Waals surface area contributed by atoms with Crippen molar-refractivity contribution < 1.29 is 9.84 Å². The molecule has 2 heteroatoms. The average molecular weight is 220 g/mol. The Bertz CT molecular complexity index is 347. The molecule has 0 amide bonds. The van der Waals surface area contributed by atoms with Crippen LogP contribution in [0.2, 0.25) is 0 Å². The first kappa shape index (κ1) is 11.5. The van der Waals surface area contributed by atoms with E-state index in [1.807, 2.05) is 6.92 Å². The lowest BCUT2D eigenvalue weighted by atomic mass is 10.0. The number of fused-ring (bicyclic) bond motifs is 1. The summed E-state index contributed by atoms with van der Waals surface area (Å²) >= 11 is 0. The third-order valence-corrected chi connectivity index (χ3v) is 3.23. The Hall–Kier alpha value is -1.02. The molecule has 0 saturated heterocycles. The van der Waals surface area contributed by atoms with Crippen LogP contribution >= 0.6 is 0 Å². The molecule has 1 aliphatic heterocycles. The lowest BCUT2D eigenvalue weighted by Gasteiger charge is -2.07. The van der Waals surface area contributed by atoms with Gasteiger partial charge >= 0.3 is 0 Å². The maximum Gasteiger partial charge on any atom is 0.122 e. The fourth-order valence-corrected chi connectivity index (χ4v) is 2.14. The molecule has 1 unspecified atom stereocenters. The predicted molar refractivity (Wildman–Crippen MR) is 64.9 cm³/mol. The molecule has 0 saturated carbocycles. The maximum atomic E-state index is 9.47. The summed E-state index contributed by atoms with van der Waals surface area (Å²) in [7, 11) is 0. The van der Waals surface area contributed by atoms with E-state index in [9.17, 15) is 5.11 Å². The van der Waals surface area contributed by atoms with E-state index in [2.05, 4.69) is 18.2 Å². The van der Waals surface area contributed by atoms with Gasteiger partial charge in [-0.1, -0.05) is 19.1 Å². The SMILES string of the molecule is CCC(O)CCCc1ccc2c(c1)CCO2. The van der Waals surface area contributed by atoms with Crippen molar-refractivity contribution in [2.45, 2.75) is 45.1 Å². The number of aliphatic hydroxyl groups excluding tert-OH is 1. The topological polar surface area (TPSA) is 29.5 Å². The van der Waals surface area contributed by atoms with Crippen LogP contribution in [0.15, 0.2) is 18.2 Å². The Labute approximate surface area is 97.3 Å². The number of rotatable bonds is 5. The largest absolute Gasteiger partial charge is 0.493 e. The smallest absolute Gasteiger partial charge is 0.122 e. The quantitative estimate of drug-likeness (QED) is 0.826. The van der Waals surface area contributed by atoms with Crippen molar-refractivity contribution >= 4 is 0 Å². The molecule has 1 atom stereocenters. The lowest BCUT2D eigenvalue weighted by molar-refractivity contribution is 0.158. The zero-order valence-corrected chi connectivity index (χ0v) is 9.91. The van der Waals surface area contributed by atoms with Crippen molar-refractivity contribution in [1.29, 1.82) is 0 Å². The van der Waals surface area contributed by atoms with E-state index in [4.69, 9.17) is 4.74 Å². The summed E-state index contributed by atoms with van der Waals surface area (Å²) in [5, 5.41) is 9.47. The second-order valence-electron chi connectivity index (χ2n) is 4.49. The molecule has 1 aromatic rings. The van der Waals surface area contributed by atoms with Gasteiger partial charge in [-0.15, -0.1) is 0 Å². The van der Waals surface area contributed by atoms with Gasteiger partial charge in [-0.2, -0.15) is 0 Å². The number of hydrogen-bond donors (Lipinski definition) is 1. The summed E-state index contributed by atoms with van der Waals surface area (Å²) in [6, 6.07) is 6.47. The molecule has 16 heavy (non-hydrogen) atoms. The third kappa shape index (κ3) is 2.76. The molecule has 0 fully saturated rings. The first-order chi connectivity index (χ1) is 7.79. The summed E-state index contributed by atoms with van der Waals surface area (Å²) in [6.07, 6.45) is 4.81. The minimum atomic E-state index is -0.127. The molecule has 1 aromatic carbocycles. The Morgan fingerprint density at radius 2 is 2.31 bits per heavy atom. The molecule has 0 aromatic heterocycles. The first-order valence-electron chi connectivity index (χ1n) is 6.22. The van der Waals surface area contributed by atoms with Gasteiger partial charge in [0.15, 0.2) is 0 Å². The van der Waals surface area contributed by atoms with Crippen LogP contribution in [-0.2, 0) is 12.8 Å². The fraction of sp³-hybridized carbons (Fsp3) is 0.571. The molecule has 1 heterocycles. The first-order valence-corrected chi connectivity index (χ1v) is 6.22. The van der Waals surface area contributed by atoms with E-state index in [1.165, 1.54) is 11.1 Å². The van der Waals surface area contributed by atoms with Crippen molar-refractivity contribution in [3.8, 4) is 5.75 Å². The standard InChI is InChI=1S/C14H20O2/c1-2-13(15)5-3-4-11-6-7-14-12(10-11)8-9-16-14/h6-7,10,13,15H,2-5,8-9H2,1H3. The van der Waals surface area contributed by atoms with Crippen LogP contribution in [0.1, 0.15) is 37.3 Å². The van der Waals surface area contributed by atoms with Gasteiger partial charge in [-0.3, -0.25) is 0 Å². The molecule has 88 valence electrons. The van der Waals surface area contributed by atoms with Crippen molar-refractivity contribution in [2.24, 2.45) is 0 Å². The van der Waals surface area contributed by atoms with E-state index < -0.39 is 0 Å². The van der Waals surface area contributed by atoms with Gasteiger partial charge in [0.2, 0.25) is 0 Å². The molecular weight excluding hydrogens is 200 g/mol. The highest BCUT2D eigenvalue weighted by atomic mass is 16.5. The number of benzene rings is 1. The number of aliphatic hydroxyl groups is 1. The van der Waals surface area contributed by atoms with Crippen molar-refractivity contribution in [3.63, 3.8) is 0 Å². The van der Waals surface area contributed by atoms with E-state index >= 15 is 0 Å². The van der Waals surface area contributed by atoms with Crippen molar-refractivity contribution in [2.75, 3.05) is 6.61 Å². The van der Waals surface area contributed by atoms with Crippen LogP contribution < -0.4 is 4.74 Å². The minimum absolute atomic E-state index is 0.127. The van der Waals surface area contributed by atoms with Crippen molar-refractivity contribution in [3.05, 3.63) is 29.3 Å². The summed E-state index contributed by atoms with van der Waals surface area (Å²) in [5.41, 5.74) is 2.71. The lowest BCUT2D eigenvalue weighted by Crippen LogP contribution is -2.04. The normalized spacial score (nSPS) is 15.6. The Morgan fingerprint density at radius 3 is 3.12 bits per heavy atom. The second kappa shape index (κ2) is 5.35. The van der Waals surface area contributed by atoms with E-state index in [-0.39, 0.29) is 6.10 Å². The summed E-state index contributed by atoms with van der Waals surface area (Å²) in [5.74, 6) is 1.05. The Balaban J connectivity index is 1.86. The fourth-order valence-electron chi connectivity index (χ4n) is 2.14. The van der Waals surface area contributed by atoms with Crippen LogP contribution in [0.25, 0.3) is 0 Å². The highest BCUT2D eigenvalue weighted by Gasteiger charge is 2.11. The van der Waals surface area contributed by atoms with Gasteiger partial charge in [-0.25, -0.2) is 0 Å². The van der Waals surface area contributed by atoms with Gasteiger partial charge in [0.05, 0.1) is 12.7 Å². The van der Waals surface area contributed by atoms with Crippen LogP contribution in [0, 0.1) is 0 Å². The molecule has 2 rings (SSSR count). The molecule has 1 aliphatic rings. The van der Waals surface area contributed by atoms with Gasteiger partial charge in [0, 0.05) is 6.42 Å². The third-order valence-electron chi connectivity index (χ3n) is 3.23. The van der Waals surface area contributed by atoms with Gasteiger partial charge < -0.3 is 9.84 Å². The zero-order chi connectivity index (χ0) is 11.4. The summed E-state index contributed by atoms with van der Waals surface area (Å²) in [4.78, 5) is 0. The number of ether oxygens (including phenoxy) is 1. The molecule has 0 aliphatic carbocycles. The second-order valence-corrected chi connectivity index (χ2v) is 4.49. The average Bonchev–Trinajstić information content (AvgIpc) is 2.76. The van der Waals surface area contributed by atoms with E-state index in [0.717, 1.165) is 44.5 Å². The Kier molecular flexibility index (Phi) is 3.83. The van der Waals surface area contributed by atoms with Gasteiger partial charge in [0.25, 0.3) is 0 Å². The molecule has 1 N–H and O–H groups in total. The molecule has 2 nitrogen and oxygen atoms in total. The van der Waals surface area contributed by atoms with Gasteiger partial charge in [-0.05, 0) is 42.9 Å². The number of hydrogen-bond acceptors (Lipinski definition) is 2. The minimum Gasteiger partial charge on any atom is -0.493 e. The maximum absolute atomic E-state index is 9.47. The van der Waals surface area contributed by atoms with Crippen LogP contribution in [0.3, 0.4) is 0 Å². The highest BCUT2D eigenvalue weighted by Crippen LogP contribution is 2.26. The molecule has 0 spiro atoms. The van der Waals surface area contributed by atoms with Crippen molar-refractivity contribution in [1.82, 2.24) is 0 Å². The van der Waals surface area contributed by atoms with Gasteiger partial charge in [0.1, 0.15) is 5.75 Å². The number of aryl methyl sites for hydroxylation is 1. The summed E-state index contributed by atoms with van der Waals surface area (Å²) < 4.78 is 5.47. The van der Waals surface area contributed by atoms with Crippen LogP contribution in [0.4, 0.5) is 0 Å². The summed E-state index contributed by atoms with van der Waals surface area (Å²) in [6.45, 7) is 2.85. The Morgan fingerprint density at radius 1 is 1.44 bits per heavy atom. The highest BCUT2D eigenvalue weighted by molar-refractivity contribution is 5.39.